The molecule has 0 bridgehead atoms. The maximum atomic E-state index is 5.28. The molecule has 1 heterocycles. The van der Waals surface area contributed by atoms with E-state index in [2.05, 4.69) is 6.92 Å². The van der Waals surface area contributed by atoms with E-state index in [0.29, 0.717) is 6.10 Å². The van der Waals surface area contributed by atoms with Gasteiger partial charge in [-0.2, -0.15) is 0 Å². The molecule has 0 aromatic carbocycles. The molecule has 1 rings (SSSR count). The Morgan fingerprint density at radius 2 is 2.40 bits per heavy atom. The van der Waals surface area contributed by atoms with E-state index >= 15 is 0 Å². The first-order chi connectivity index (χ1) is 4.88. The van der Waals surface area contributed by atoms with Gasteiger partial charge in [0.05, 0.1) is 12.7 Å². The first-order valence-corrected chi connectivity index (χ1v) is 3.99. The van der Waals surface area contributed by atoms with Gasteiger partial charge < -0.3 is 9.47 Å². The molecule has 1 fully saturated rings. The summed E-state index contributed by atoms with van der Waals surface area (Å²) in [5, 5.41) is 0. The second-order valence-electron chi connectivity index (χ2n) is 2.81. The summed E-state index contributed by atoms with van der Waals surface area (Å²) in [6.45, 7) is 3.91. The van der Waals surface area contributed by atoms with Crippen LogP contribution in [-0.2, 0) is 9.47 Å². The van der Waals surface area contributed by atoms with Crippen LogP contribution in [0.1, 0.15) is 19.8 Å². The minimum absolute atomic E-state index is 0.346. The molecule has 1 saturated heterocycles. The Hall–Kier alpha value is -0.0800. The normalized spacial score (nSPS) is 34.2. The Morgan fingerprint density at radius 3 is 2.90 bits per heavy atom. The standard InChI is InChI=1S/C8H16O2/c1-3-7-4-5-10-6-8(7)9-2/h7-8H,3-6H2,1-2H3/t7-,8+/m1/s1. The highest BCUT2D eigenvalue weighted by Crippen LogP contribution is 2.20. The number of methoxy groups -OCH3 is 1. The van der Waals surface area contributed by atoms with E-state index < -0.39 is 0 Å². The summed E-state index contributed by atoms with van der Waals surface area (Å²) >= 11 is 0. The predicted octanol–water partition coefficient (Wildman–Crippen LogP) is 1.45. The zero-order valence-electron chi connectivity index (χ0n) is 6.80. The van der Waals surface area contributed by atoms with Crippen molar-refractivity contribution in [2.75, 3.05) is 20.3 Å². The Morgan fingerprint density at radius 1 is 1.60 bits per heavy atom. The van der Waals surface area contributed by atoms with Crippen molar-refractivity contribution < 1.29 is 9.47 Å². The zero-order valence-corrected chi connectivity index (χ0v) is 6.80. The van der Waals surface area contributed by atoms with Gasteiger partial charge in [0.2, 0.25) is 0 Å². The molecule has 60 valence electrons. The second kappa shape index (κ2) is 3.94. The van der Waals surface area contributed by atoms with Crippen molar-refractivity contribution in [2.45, 2.75) is 25.9 Å². The summed E-state index contributed by atoms with van der Waals surface area (Å²) in [5.74, 6) is 0.721. The molecule has 0 spiro atoms. The lowest BCUT2D eigenvalue weighted by molar-refractivity contribution is -0.0660. The lowest BCUT2D eigenvalue weighted by Crippen LogP contribution is -2.33. The van der Waals surface area contributed by atoms with Gasteiger partial charge in [-0.05, 0) is 12.3 Å². The first kappa shape index (κ1) is 8.02. The maximum absolute atomic E-state index is 5.28. The van der Waals surface area contributed by atoms with E-state index in [1.807, 2.05) is 0 Å². The van der Waals surface area contributed by atoms with Gasteiger partial charge in [-0.3, -0.25) is 0 Å². The van der Waals surface area contributed by atoms with Crippen LogP contribution in [0, 0.1) is 5.92 Å². The van der Waals surface area contributed by atoms with E-state index in [9.17, 15) is 0 Å². The molecule has 0 radical (unpaired) electrons. The second-order valence-corrected chi connectivity index (χ2v) is 2.81. The summed E-state index contributed by atoms with van der Waals surface area (Å²) in [6, 6.07) is 0. The third kappa shape index (κ3) is 1.70. The molecule has 0 aromatic heterocycles. The van der Waals surface area contributed by atoms with Crippen molar-refractivity contribution in [1.82, 2.24) is 0 Å². The molecule has 2 atom stereocenters. The van der Waals surface area contributed by atoms with Crippen LogP contribution in [0.4, 0.5) is 0 Å². The summed E-state index contributed by atoms with van der Waals surface area (Å²) < 4.78 is 10.5. The molecule has 1 aliphatic heterocycles. The summed E-state index contributed by atoms with van der Waals surface area (Å²) in [4.78, 5) is 0. The fraction of sp³-hybridized carbons (Fsp3) is 1.00. The third-order valence-electron chi connectivity index (χ3n) is 2.27. The summed E-state index contributed by atoms with van der Waals surface area (Å²) in [6.07, 6.45) is 2.72. The van der Waals surface area contributed by atoms with E-state index in [0.717, 1.165) is 25.6 Å². The molecule has 2 nitrogen and oxygen atoms in total. The van der Waals surface area contributed by atoms with Gasteiger partial charge in [-0.1, -0.05) is 13.3 Å². The molecule has 0 aromatic rings. The lowest BCUT2D eigenvalue weighted by atomic mass is 9.95. The lowest BCUT2D eigenvalue weighted by Gasteiger charge is -2.29. The highest BCUT2D eigenvalue weighted by Gasteiger charge is 2.23. The number of rotatable bonds is 2. The van der Waals surface area contributed by atoms with Crippen LogP contribution in [-0.4, -0.2) is 26.4 Å². The Labute approximate surface area is 62.5 Å². The molecule has 10 heavy (non-hydrogen) atoms. The molecule has 2 heteroatoms. The van der Waals surface area contributed by atoms with E-state index in [4.69, 9.17) is 9.47 Å². The van der Waals surface area contributed by atoms with Crippen molar-refractivity contribution in [3.8, 4) is 0 Å². The quantitative estimate of drug-likeness (QED) is 0.584. The molecule has 0 amide bonds. The van der Waals surface area contributed by atoms with Gasteiger partial charge in [0.15, 0.2) is 0 Å². The van der Waals surface area contributed by atoms with Crippen LogP contribution in [0.5, 0.6) is 0 Å². The molecular weight excluding hydrogens is 128 g/mol. The van der Waals surface area contributed by atoms with Crippen molar-refractivity contribution in [3.63, 3.8) is 0 Å². The van der Waals surface area contributed by atoms with Crippen LogP contribution < -0.4 is 0 Å². The fourth-order valence-corrected chi connectivity index (χ4v) is 1.48. The largest absolute Gasteiger partial charge is 0.379 e. The smallest absolute Gasteiger partial charge is 0.0833 e. The van der Waals surface area contributed by atoms with Crippen molar-refractivity contribution in [3.05, 3.63) is 0 Å². The number of hydrogen-bond acceptors (Lipinski definition) is 2. The van der Waals surface area contributed by atoms with Crippen LogP contribution in [0.25, 0.3) is 0 Å². The minimum atomic E-state index is 0.346. The van der Waals surface area contributed by atoms with Gasteiger partial charge in [-0.25, -0.2) is 0 Å². The van der Waals surface area contributed by atoms with Crippen LogP contribution in [0.15, 0.2) is 0 Å². The predicted molar refractivity (Wildman–Crippen MR) is 40.0 cm³/mol. The fourth-order valence-electron chi connectivity index (χ4n) is 1.48. The zero-order chi connectivity index (χ0) is 7.40. The number of ether oxygens (including phenoxy) is 2. The monoisotopic (exact) mass is 144 g/mol. The van der Waals surface area contributed by atoms with Crippen molar-refractivity contribution >= 4 is 0 Å². The number of hydrogen-bond donors (Lipinski definition) is 0. The van der Waals surface area contributed by atoms with Crippen LogP contribution in [0.2, 0.25) is 0 Å². The summed E-state index contributed by atoms with van der Waals surface area (Å²) in [7, 11) is 1.77. The first-order valence-electron chi connectivity index (χ1n) is 3.99. The molecule has 0 aliphatic carbocycles. The van der Waals surface area contributed by atoms with Gasteiger partial charge in [0.25, 0.3) is 0 Å². The third-order valence-corrected chi connectivity index (χ3v) is 2.27. The van der Waals surface area contributed by atoms with Gasteiger partial charge in [-0.15, -0.1) is 0 Å². The van der Waals surface area contributed by atoms with Crippen LogP contribution >= 0.6 is 0 Å². The van der Waals surface area contributed by atoms with E-state index in [1.54, 1.807) is 7.11 Å². The Bertz CT molecular complexity index is 81.3. The highest BCUT2D eigenvalue weighted by molar-refractivity contribution is 4.72. The SMILES string of the molecule is CC[C@@H]1CCOC[C@@H]1OC. The topological polar surface area (TPSA) is 18.5 Å². The van der Waals surface area contributed by atoms with E-state index in [1.165, 1.54) is 6.42 Å². The summed E-state index contributed by atoms with van der Waals surface area (Å²) in [5.41, 5.74) is 0. The van der Waals surface area contributed by atoms with Crippen LogP contribution in [0.3, 0.4) is 0 Å². The van der Waals surface area contributed by atoms with Crippen molar-refractivity contribution in [2.24, 2.45) is 5.92 Å². The van der Waals surface area contributed by atoms with Gasteiger partial charge >= 0.3 is 0 Å². The molecule has 1 aliphatic rings. The molecule has 0 unspecified atom stereocenters. The Balaban J connectivity index is 2.34. The Kier molecular flexibility index (Phi) is 3.16. The molecular formula is C8H16O2. The molecule has 0 saturated carbocycles. The van der Waals surface area contributed by atoms with Crippen molar-refractivity contribution in [1.29, 1.82) is 0 Å². The van der Waals surface area contributed by atoms with Gasteiger partial charge in [0.1, 0.15) is 0 Å². The average molecular weight is 144 g/mol. The maximum Gasteiger partial charge on any atom is 0.0833 e. The highest BCUT2D eigenvalue weighted by atomic mass is 16.5. The minimum Gasteiger partial charge on any atom is -0.379 e. The van der Waals surface area contributed by atoms with E-state index in [-0.39, 0.29) is 0 Å². The molecule has 0 N–H and O–H groups in total. The average Bonchev–Trinajstić information content (AvgIpc) is 2.04. The van der Waals surface area contributed by atoms with Gasteiger partial charge in [0, 0.05) is 13.7 Å².